The molecular weight excluding hydrogens is 368 g/mol. The minimum Gasteiger partial charge on any atom is -0.454 e. The average Bonchev–Trinajstić information content (AvgIpc) is 3.31. The predicted octanol–water partition coefficient (Wildman–Crippen LogP) is 2.20. The fraction of sp³-hybridized carbons (Fsp3) is 0.435. The summed E-state index contributed by atoms with van der Waals surface area (Å²) in [5.41, 5.74) is 3.01. The van der Waals surface area contributed by atoms with E-state index < -0.39 is 6.10 Å². The topological polar surface area (TPSA) is 79.8 Å². The van der Waals surface area contributed by atoms with Crippen molar-refractivity contribution in [3.8, 4) is 11.5 Å². The lowest BCUT2D eigenvalue weighted by molar-refractivity contribution is -0.123. The summed E-state index contributed by atoms with van der Waals surface area (Å²) in [6, 6.07) is 13.6. The van der Waals surface area contributed by atoms with Crippen LogP contribution >= 0.6 is 0 Å². The first-order chi connectivity index (χ1) is 14.2. The Hall–Kier alpha value is -2.57. The first-order valence-corrected chi connectivity index (χ1v) is 10.3. The van der Waals surface area contributed by atoms with Crippen LogP contribution in [0.15, 0.2) is 42.5 Å². The van der Waals surface area contributed by atoms with Gasteiger partial charge >= 0.3 is 0 Å². The molecule has 0 unspecified atom stereocenters. The van der Waals surface area contributed by atoms with Crippen molar-refractivity contribution < 1.29 is 19.4 Å². The lowest BCUT2D eigenvalue weighted by Crippen LogP contribution is -2.48. The molecule has 0 aromatic heterocycles. The van der Waals surface area contributed by atoms with Gasteiger partial charge in [-0.15, -0.1) is 0 Å². The summed E-state index contributed by atoms with van der Waals surface area (Å²) in [5.74, 6) is 1.43. The van der Waals surface area contributed by atoms with Crippen LogP contribution in [-0.4, -0.2) is 37.0 Å². The van der Waals surface area contributed by atoms with Gasteiger partial charge in [-0.2, -0.15) is 0 Å². The number of hydrogen-bond donors (Lipinski definition) is 3. The molecule has 0 bridgehead atoms. The number of aliphatic hydroxyl groups is 1. The van der Waals surface area contributed by atoms with Crippen LogP contribution in [0.4, 0.5) is 0 Å². The van der Waals surface area contributed by atoms with E-state index in [1.165, 1.54) is 5.56 Å². The molecule has 3 aliphatic rings. The summed E-state index contributed by atoms with van der Waals surface area (Å²) >= 11 is 0. The van der Waals surface area contributed by atoms with Crippen molar-refractivity contribution in [2.24, 2.45) is 0 Å². The minimum atomic E-state index is -0.600. The van der Waals surface area contributed by atoms with Gasteiger partial charge < -0.3 is 25.2 Å². The van der Waals surface area contributed by atoms with Crippen LogP contribution in [0, 0.1) is 0 Å². The highest BCUT2D eigenvalue weighted by atomic mass is 16.7. The first kappa shape index (κ1) is 18.5. The molecule has 0 radical (unpaired) electrons. The third-order valence-electron chi connectivity index (χ3n) is 6.60. The average molecular weight is 394 g/mol. The quantitative estimate of drug-likeness (QED) is 0.741. The van der Waals surface area contributed by atoms with E-state index in [1.54, 1.807) is 0 Å². The van der Waals surface area contributed by atoms with Crippen LogP contribution in [0.5, 0.6) is 11.5 Å². The molecule has 1 amide bonds. The summed E-state index contributed by atoms with van der Waals surface area (Å²) in [6.07, 6.45) is 2.14. The molecule has 5 rings (SSSR count). The van der Waals surface area contributed by atoms with Crippen LogP contribution in [0.25, 0.3) is 0 Å². The fourth-order valence-electron chi connectivity index (χ4n) is 5.06. The van der Waals surface area contributed by atoms with E-state index in [-0.39, 0.29) is 24.2 Å². The van der Waals surface area contributed by atoms with Crippen molar-refractivity contribution in [1.29, 1.82) is 0 Å². The van der Waals surface area contributed by atoms with Crippen molar-refractivity contribution in [1.82, 2.24) is 10.6 Å². The molecule has 2 aliphatic heterocycles. The summed E-state index contributed by atoms with van der Waals surface area (Å²) in [6.45, 7) is 2.02. The van der Waals surface area contributed by atoms with Gasteiger partial charge in [-0.25, -0.2) is 0 Å². The van der Waals surface area contributed by atoms with Gasteiger partial charge in [0.05, 0.1) is 12.1 Å². The second kappa shape index (κ2) is 7.35. The highest BCUT2D eigenvalue weighted by Gasteiger charge is 2.51. The Morgan fingerprint density at radius 1 is 1.14 bits per heavy atom. The first-order valence-electron chi connectivity index (χ1n) is 10.3. The van der Waals surface area contributed by atoms with Gasteiger partial charge in [-0.05, 0) is 61.2 Å². The smallest absolute Gasteiger partial charge is 0.231 e. The number of benzene rings is 2. The molecule has 2 aromatic rings. The lowest BCUT2D eigenvalue weighted by Gasteiger charge is -2.38. The van der Waals surface area contributed by atoms with Crippen molar-refractivity contribution in [3.63, 3.8) is 0 Å². The number of ether oxygens (including phenoxy) is 2. The molecule has 1 fully saturated rings. The van der Waals surface area contributed by atoms with Gasteiger partial charge in [0.15, 0.2) is 11.5 Å². The Bertz CT molecular complexity index is 923. The van der Waals surface area contributed by atoms with Crippen molar-refractivity contribution >= 4 is 5.91 Å². The number of aliphatic hydroxyl groups excluding tert-OH is 1. The van der Waals surface area contributed by atoms with Gasteiger partial charge in [-0.1, -0.05) is 30.3 Å². The fourth-order valence-corrected chi connectivity index (χ4v) is 5.06. The summed E-state index contributed by atoms with van der Waals surface area (Å²) in [7, 11) is 0. The van der Waals surface area contributed by atoms with Crippen LogP contribution in [0.3, 0.4) is 0 Å². The SMILES string of the molecule is O=C(CCc1ccc2c(c1)OCO2)N[C@@H]1c2ccccc2C2(CCNCC2)[C@H]1O. The van der Waals surface area contributed by atoms with E-state index in [0.29, 0.717) is 12.8 Å². The number of piperidine rings is 1. The number of amides is 1. The van der Waals surface area contributed by atoms with Gasteiger partial charge in [0, 0.05) is 11.8 Å². The maximum Gasteiger partial charge on any atom is 0.231 e. The van der Waals surface area contributed by atoms with Crippen LogP contribution in [0.2, 0.25) is 0 Å². The second-order valence-electron chi connectivity index (χ2n) is 8.17. The molecule has 1 saturated heterocycles. The van der Waals surface area contributed by atoms with Crippen molar-refractivity contribution in [3.05, 3.63) is 59.2 Å². The lowest BCUT2D eigenvalue weighted by atomic mass is 9.72. The highest BCUT2D eigenvalue weighted by molar-refractivity contribution is 5.77. The number of fused-ring (bicyclic) bond motifs is 3. The van der Waals surface area contributed by atoms with Gasteiger partial charge in [0.1, 0.15) is 0 Å². The Morgan fingerprint density at radius 3 is 2.79 bits per heavy atom. The predicted molar refractivity (Wildman–Crippen MR) is 108 cm³/mol. The van der Waals surface area contributed by atoms with Crippen molar-refractivity contribution in [2.45, 2.75) is 43.2 Å². The van der Waals surface area contributed by atoms with E-state index in [2.05, 4.69) is 16.7 Å². The van der Waals surface area contributed by atoms with Gasteiger partial charge in [0.2, 0.25) is 12.7 Å². The molecular formula is C23H26N2O4. The van der Waals surface area contributed by atoms with E-state index in [0.717, 1.165) is 48.6 Å². The molecule has 2 heterocycles. The molecule has 29 heavy (non-hydrogen) atoms. The molecule has 6 nitrogen and oxygen atoms in total. The van der Waals surface area contributed by atoms with E-state index in [1.807, 2.05) is 36.4 Å². The van der Waals surface area contributed by atoms with Gasteiger partial charge in [-0.3, -0.25) is 4.79 Å². The number of carbonyl (C=O) groups excluding carboxylic acids is 1. The highest BCUT2D eigenvalue weighted by Crippen LogP contribution is 2.50. The summed E-state index contributed by atoms with van der Waals surface area (Å²) in [4.78, 5) is 12.7. The Morgan fingerprint density at radius 2 is 1.93 bits per heavy atom. The largest absolute Gasteiger partial charge is 0.454 e. The molecule has 1 aliphatic carbocycles. The maximum absolute atomic E-state index is 12.7. The number of carbonyl (C=O) groups is 1. The zero-order valence-electron chi connectivity index (χ0n) is 16.3. The zero-order valence-corrected chi connectivity index (χ0v) is 16.3. The molecule has 2 atom stereocenters. The number of rotatable bonds is 4. The second-order valence-corrected chi connectivity index (χ2v) is 8.17. The molecule has 2 aromatic carbocycles. The third-order valence-corrected chi connectivity index (χ3v) is 6.60. The number of aryl methyl sites for hydroxylation is 1. The van der Waals surface area contributed by atoms with E-state index in [9.17, 15) is 9.90 Å². The zero-order chi connectivity index (χ0) is 19.8. The van der Waals surface area contributed by atoms with E-state index >= 15 is 0 Å². The summed E-state index contributed by atoms with van der Waals surface area (Å²) in [5, 5.41) is 17.7. The Labute approximate surface area is 170 Å². The number of hydrogen-bond acceptors (Lipinski definition) is 5. The molecule has 6 heteroatoms. The van der Waals surface area contributed by atoms with Crippen LogP contribution < -0.4 is 20.1 Å². The maximum atomic E-state index is 12.7. The molecule has 152 valence electrons. The normalized spacial score (nSPS) is 23.8. The Kier molecular flexibility index (Phi) is 4.68. The molecule has 1 spiro atoms. The monoisotopic (exact) mass is 394 g/mol. The van der Waals surface area contributed by atoms with Gasteiger partial charge in [0.25, 0.3) is 0 Å². The van der Waals surface area contributed by atoms with E-state index in [4.69, 9.17) is 9.47 Å². The summed E-state index contributed by atoms with van der Waals surface area (Å²) < 4.78 is 10.7. The van der Waals surface area contributed by atoms with Crippen molar-refractivity contribution in [2.75, 3.05) is 19.9 Å². The standard InChI is InChI=1S/C23H26N2O4/c26-20(8-6-15-5-7-18-19(13-15)29-14-28-18)25-21-16-3-1-2-4-17(16)23(22(21)27)9-11-24-12-10-23/h1-5,7,13,21-22,24,27H,6,8-12,14H2,(H,25,26)/t21-,22+/m1/s1. The molecule has 3 N–H and O–H groups in total. The van der Waals surface area contributed by atoms with Crippen LogP contribution in [-0.2, 0) is 16.6 Å². The van der Waals surface area contributed by atoms with Crippen LogP contribution in [0.1, 0.15) is 42.0 Å². The minimum absolute atomic E-state index is 0.0486. The third kappa shape index (κ3) is 3.16. The Balaban J connectivity index is 1.29. The molecule has 0 saturated carbocycles. The number of nitrogens with one attached hydrogen (secondary N) is 2.